The Morgan fingerprint density at radius 3 is 2.50 bits per heavy atom. The summed E-state index contributed by atoms with van der Waals surface area (Å²) in [6, 6.07) is 14.0. The Kier molecular flexibility index (Phi) is 7.74. The first-order valence-corrected chi connectivity index (χ1v) is 8.76. The van der Waals surface area contributed by atoms with E-state index in [1.807, 2.05) is 30.3 Å². The maximum absolute atomic E-state index is 12.7. The molecule has 0 atom stereocenters. The van der Waals surface area contributed by atoms with E-state index in [2.05, 4.69) is 10.1 Å². The lowest BCUT2D eigenvalue weighted by atomic mass is 9.90. The number of rotatable bonds is 6. The second-order valence-electron chi connectivity index (χ2n) is 6.59. The van der Waals surface area contributed by atoms with E-state index in [4.69, 9.17) is 10.5 Å². The number of amides is 1. The minimum atomic E-state index is -2.92. The molecule has 0 aromatic heterocycles. The largest absolute Gasteiger partial charge is 0.435 e. The van der Waals surface area contributed by atoms with Crippen LogP contribution in [0.25, 0.3) is 0 Å². The Morgan fingerprint density at radius 1 is 1.18 bits per heavy atom. The Morgan fingerprint density at radius 2 is 1.86 bits per heavy atom. The van der Waals surface area contributed by atoms with Gasteiger partial charge in [-0.25, -0.2) is 0 Å². The van der Waals surface area contributed by atoms with Crippen molar-refractivity contribution in [2.24, 2.45) is 5.73 Å². The number of carbonyl (C=O) groups is 1. The van der Waals surface area contributed by atoms with Crippen LogP contribution in [-0.2, 0) is 16.0 Å². The fraction of sp³-hybridized carbons (Fsp3) is 0.350. The van der Waals surface area contributed by atoms with E-state index in [1.54, 1.807) is 6.07 Å². The molecule has 1 saturated heterocycles. The summed E-state index contributed by atoms with van der Waals surface area (Å²) in [5.74, 6) is -0.223. The van der Waals surface area contributed by atoms with Crippen molar-refractivity contribution in [2.75, 3.05) is 18.5 Å². The summed E-state index contributed by atoms with van der Waals surface area (Å²) >= 11 is 0. The average molecular weight is 413 g/mol. The first kappa shape index (κ1) is 22.1. The minimum Gasteiger partial charge on any atom is -0.435 e. The highest BCUT2D eigenvalue weighted by Crippen LogP contribution is 2.28. The summed E-state index contributed by atoms with van der Waals surface area (Å²) in [4.78, 5) is 12.6. The first-order valence-electron chi connectivity index (χ1n) is 8.76. The number of nitrogens with two attached hydrogens (primary N) is 1. The molecule has 1 fully saturated rings. The summed E-state index contributed by atoms with van der Waals surface area (Å²) in [5, 5.41) is 2.80. The molecule has 3 N–H and O–H groups in total. The van der Waals surface area contributed by atoms with Crippen LogP contribution in [0.3, 0.4) is 0 Å². The summed E-state index contributed by atoms with van der Waals surface area (Å²) in [7, 11) is 0. The van der Waals surface area contributed by atoms with Crippen molar-refractivity contribution >= 4 is 24.0 Å². The van der Waals surface area contributed by atoms with Crippen molar-refractivity contribution in [1.82, 2.24) is 0 Å². The molecule has 2 aromatic rings. The molecule has 2 aromatic carbocycles. The highest BCUT2D eigenvalue weighted by atomic mass is 35.5. The van der Waals surface area contributed by atoms with E-state index in [1.165, 1.54) is 12.1 Å². The van der Waals surface area contributed by atoms with Crippen molar-refractivity contribution in [3.8, 4) is 5.75 Å². The zero-order valence-corrected chi connectivity index (χ0v) is 16.0. The van der Waals surface area contributed by atoms with Gasteiger partial charge in [0.1, 0.15) is 11.3 Å². The predicted molar refractivity (Wildman–Crippen MR) is 105 cm³/mol. The van der Waals surface area contributed by atoms with Gasteiger partial charge in [-0.15, -0.1) is 12.4 Å². The molecular weight excluding hydrogens is 390 g/mol. The lowest BCUT2D eigenvalue weighted by Crippen LogP contribution is -2.54. The Labute approximate surface area is 168 Å². The second kappa shape index (κ2) is 9.82. The Hall–Kier alpha value is -2.22. The number of alkyl halides is 2. The molecule has 1 amide bonds. The monoisotopic (exact) mass is 412 g/mol. The summed E-state index contributed by atoms with van der Waals surface area (Å²) < 4.78 is 35.3. The molecule has 8 heteroatoms. The van der Waals surface area contributed by atoms with Crippen LogP contribution in [0.2, 0.25) is 0 Å². The van der Waals surface area contributed by atoms with E-state index < -0.39 is 12.2 Å². The van der Waals surface area contributed by atoms with E-state index in [-0.39, 0.29) is 24.1 Å². The molecule has 3 rings (SSSR count). The molecule has 0 saturated carbocycles. The fourth-order valence-electron chi connectivity index (χ4n) is 3.04. The number of carbonyl (C=O) groups excluding carboxylic acids is 1. The van der Waals surface area contributed by atoms with Gasteiger partial charge in [0.15, 0.2) is 0 Å². The zero-order valence-electron chi connectivity index (χ0n) is 15.2. The van der Waals surface area contributed by atoms with Crippen molar-refractivity contribution in [2.45, 2.75) is 31.4 Å². The van der Waals surface area contributed by atoms with Crippen LogP contribution < -0.4 is 15.8 Å². The molecule has 0 unspecified atom stereocenters. The topological polar surface area (TPSA) is 73.6 Å². The smallest absolute Gasteiger partial charge is 0.387 e. The van der Waals surface area contributed by atoms with Crippen molar-refractivity contribution < 1.29 is 23.0 Å². The molecule has 5 nitrogen and oxygen atoms in total. The van der Waals surface area contributed by atoms with Crippen molar-refractivity contribution in [3.05, 3.63) is 59.7 Å². The standard InChI is InChI=1S/C20H22F2N2O3.ClH/c21-19(22)27-17-7-6-16(13-15(17)12-14-4-2-1-3-5-14)24-18(25)20(23)8-10-26-11-9-20;/h1-7,13,19H,8-12,23H2,(H,24,25);1H. The van der Waals surface area contributed by atoms with Gasteiger partial charge in [-0.1, -0.05) is 30.3 Å². The van der Waals surface area contributed by atoms with Crippen molar-refractivity contribution in [1.29, 1.82) is 0 Å². The summed E-state index contributed by atoms with van der Waals surface area (Å²) in [5.41, 5.74) is 7.19. The average Bonchev–Trinajstić information content (AvgIpc) is 2.65. The molecule has 1 aliphatic heterocycles. The molecule has 0 spiro atoms. The third kappa shape index (κ3) is 5.64. The molecule has 28 heavy (non-hydrogen) atoms. The van der Waals surface area contributed by atoms with Gasteiger partial charge in [-0.2, -0.15) is 8.78 Å². The zero-order chi connectivity index (χ0) is 19.3. The molecule has 0 bridgehead atoms. The fourth-order valence-corrected chi connectivity index (χ4v) is 3.04. The molecule has 1 aliphatic rings. The number of hydrogen-bond donors (Lipinski definition) is 2. The maximum Gasteiger partial charge on any atom is 0.387 e. The third-order valence-corrected chi connectivity index (χ3v) is 4.61. The van der Waals surface area contributed by atoms with Crippen LogP contribution in [0.1, 0.15) is 24.0 Å². The van der Waals surface area contributed by atoms with E-state index in [0.29, 0.717) is 43.7 Å². The van der Waals surface area contributed by atoms with E-state index in [0.717, 1.165) is 5.56 Å². The van der Waals surface area contributed by atoms with Crippen LogP contribution in [0, 0.1) is 0 Å². The van der Waals surface area contributed by atoms with Gasteiger partial charge in [0.25, 0.3) is 0 Å². The van der Waals surface area contributed by atoms with Crippen LogP contribution in [0.5, 0.6) is 5.75 Å². The Bertz CT molecular complexity index is 784. The van der Waals surface area contributed by atoms with Gasteiger partial charge < -0.3 is 20.5 Å². The quantitative estimate of drug-likeness (QED) is 0.757. The Balaban J connectivity index is 0.00000280. The molecule has 1 heterocycles. The van der Waals surface area contributed by atoms with Gasteiger partial charge >= 0.3 is 6.61 Å². The van der Waals surface area contributed by atoms with Crippen LogP contribution >= 0.6 is 12.4 Å². The number of ether oxygens (including phenoxy) is 2. The second-order valence-corrected chi connectivity index (χ2v) is 6.59. The molecule has 152 valence electrons. The molecular formula is C20H23ClF2N2O3. The number of nitrogens with one attached hydrogen (secondary N) is 1. The van der Waals surface area contributed by atoms with Gasteiger partial charge in [0.05, 0.1) is 0 Å². The van der Waals surface area contributed by atoms with Crippen LogP contribution in [0.15, 0.2) is 48.5 Å². The van der Waals surface area contributed by atoms with E-state index in [9.17, 15) is 13.6 Å². The summed E-state index contributed by atoms with van der Waals surface area (Å²) in [6.45, 7) is -2.05. The minimum absolute atomic E-state index is 0. The molecule has 0 radical (unpaired) electrons. The summed E-state index contributed by atoms with van der Waals surface area (Å²) in [6.07, 6.45) is 1.26. The molecule has 0 aliphatic carbocycles. The lowest BCUT2D eigenvalue weighted by Gasteiger charge is -2.31. The highest BCUT2D eigenvalue weighted by Gasteiger charge is 2.36. The van der Waals surface area contributed by atoms with Gasteiger partial charge in [0.2, 0.25) is 5.91 Å². The number of anilines is 1. The van der Waals surface area contributed by atoms with Gasteiger partial charge in [0, 0.05) is 30.9 Å². The van der Waals surface area contributed by atoms with Gasteiger partial charge in [-0.05, 0) is 36.6 Å². The predicted octanol–water partition coefficient (Wildman–Crippen LogP) is 3.75. The van der Waals surface area contributed by atoms with E-state index >= 15 is 0 Å². The number of hydrogen-bond acceptors (Lipinski definition) is 4. The maximum atomic E-state index is 12.7. The van der Waals surface area contributed by atoms with Crippen LogP contribution in [0.4, 0.5) is 14.5 Å². The number of benzene rings is 2. The first-order chi connectivity index (χ1) is 13.0. The van der Waals surface area contributed by atoms with Crippen LogP contribution in [-0.4, -0.2) is 31.3 Å². The number of halogens is 3. The third-order valence-electron chi connectivity index (χ3n) is 4.61. The lowest BCUT2D eigenvalue weighted by molar-refractivity contribution is -0.124. The van der Waals surface area contributed by atoms with Gasteiger partial charge in [-0.3, -0.25) is 4.79 Å². The van der Waals surface area contributed by atoms with Crippen molar-refractivity contribution in [3.63, 3.8) is 0 Å². The normalized spacial score (nSPS) is 15.6. The highest BCUT2D eigenvalue weighted by molar-refractivity contribution is 5.98. The SMILES string of the molecule is Cl.NC1(C(=O)Nc2ccc(OC(F)F)c(Cc3ccccc3)c2)CCOCC1.